The summed E-state index contributed by atoms with van der Waals surface area (Å²) in [6.45, 7) is 3.87. The number of carbonyl (C=O) groups is 2. The molecule has 0 bridgehead atoms. The first-order valence-electron chi connectivity index (χ1n) is 8.12. The van der Waals surface area contributed by atoms with Crippen LogP contribution in [0.2, 0.25) is 0 Å². The number of likely N-dealkylation sites (tertiary alicyclic amines) is 1. The van der Waals surface area contributed by atoms with Crippen molar-refractivity contribution in [3.8, 4) is 0 Å². The molecule has 0 aromatic heterocycles. The molecule has 0 saturated carbocycles. The molecule has 1 amide bonds. The van der Waals surface area contributed by atoms with Gasteiger partial charge in [0.25, 0.3) is 0 Å². The summed E-state index contributed by atoms with van der Waals surface area (Å²) in [6, 6.07) is 6.50. The van der Waals surface area contributed by atoms with Gasteiger partial charge in [0, 0.05) is 38.0 Å². The Balaban J connectivity index is 1.60. The lowest BCUT2D eigenvalue weighted by Gasteiger charge is -2.39. The number of piperidine rings is 1. The SMILES string of the molecule is CC1=C(C(N)=O)C2(CCN(CCc3ccc(F)cc3)CC2)OC1=O. The van der Waals surface area contributed by atoms with Crippen LogP contribution >= 0.6 is 0 Å². The van der Waals surface area contributed by atoms with E-state index in [1.807, 2.05) is 0 Å². The van der Waals surface area contributed by atoms with Crippen LogP contribution in [0.15, 0.2) is 35.4 Å². The number of hydrogen-bond donors (Lipinski definition) is 1. The molecule has 1 spiro atoms. The van der Waals surface area contributed by atoms with Crippen molar-refractivity contribution in [2.24, 2.45) is 5.73 Å². The second kappa shape index (κ2) is 6.36. The third-order valence-corrected chi connectivity index (χ3v) is 4.96. The second-order valence-electron chi connectivity index (χ2n) is 6.47. The monoisotopic (exact) mass is 332 g/mol. The van der Waals surface area contributed by atoms with Crippen LogP contribution in [-0.2, 0) is 20.7 Å². The summed E-state index contributed by atoms with van der Waals surface area (Å²) in [5, 5.41) is 0. The van der Waals surface area contributed by atoms with Crippen molar-refractivity contribution in [3.05, 3.63) is 46.8 Å². The number of halogens is 1. The van der Waals surface area contributed by atoms with E-state index in [0.717, 1.165) is 31.6 Å². The normalized spacial score (nSPS) is 20.5. The van der Waals surface area contributed by atoms with E-state index in [9.17, 15) is 14.0 Å². The molecular weight excluding hydrogens is 311 g/mol. The molecule has 2 heterocycles. The molecule has 1 aromatic rings. The molecule has 2 aliphatic rings. The van der Waals surface area contributed by atoms with Crippen molar-refractivity contribution in [2.45, 2.75) is 31.8 Å². The Morgan fingerprint density at radius 2 is 1.92 bits per heavy atom. The number of nitrogens with zero attached hydrogens (tertiary/aromatic N) is 1. The van der Waals surface area contributed by atoms with Gasteiger partial charge < -0.3 is 15.4 Å². The zero-order chi connectivity index (χ0) is 17.3. The smallest absolute Gasteiger partial charge is 0.335 e. The summed E-state index contributed by atoms with van der Waals surface area (Å²) in [5.41, 5.74) is 6.37. The third-order valence-electron chi connectivity index (χ3n) is 4.96. The zero-order valence-corrected chi connectivity index (χ0v) is 13.7. The summed E-state index contributed by atoms with van der Waals surface area (Å²) in [4.78, 5) is 25.8. The number of ether oxygens (including phenoxy) is 1. The van der Waals surface area contributed by atoms with E-state index in [0.29, 0.717) is 24.0 Å². The molecule has 1 fully saturated rings. The second-order valence-corrected chi connectivity index (χ2v) is 6.47. The first-order valence-corrected chi connectivity index (χ1v) is 8.12. The fourth-order valence-corrected chi connectivity index (χ4v) is 3.59. The molecule has 24 heavy (non-hydrogen) atoms. The van der Waals surface area contributed by atoms with Crippen LogP contribution in [0.1, 0.15) is 25.3 Å². The average Bonchev–Trinajstić information content (AvgIpc) is 2.79. The molecule has 0 radical (unpaired) electrons. The maximum Gasteiger partial charge on any atom is 0.335 e. The fraction of sp³-hybridized carbons (Fsp3) is 0.444. The lowest BCUT2D eigenvalue weighted by atomic mass is 9.83. The number of nitrogens with two attached hydrogens (primary N) is 1. The summed E-state index contributed by atoms with van der Waals surface area (Å²) in [6.07, 6.45) is 1.96. The van der Waals surface area contributed by atoms with Gasteiger partial charge in [-0.3, -0.25) is 4.79 Å². The number of carbonyl (C=O) groups excluding carboxylic acids is 2. The number of hydrogen-bond acceptors (Lipinski definition) is 4. The zero-order valence-electron chi connectivity index (χ0n) is 13.7. The predicted octanol–water partition coefficient (Wildman–Crippen LogP) is 1.56. The van der Waals surface area contributed by atoms with Crippen molar-refractivity contribution in [1.82, 2.24) is 4.90 Å². The van der Waals surface area contributed by atoms with Gasteiger partial charge in [-0.2, -0.15) is 0 Å². The van der Waals surface area contributed by atoms with E-state index in [2.05, 4.69) is 4.90 Å². The Labute approximate surface area is 140 Å². The lowest BCUT2D eigenvalue weighted by molar-refractivity contribution is -0.150. The number of rotatable bonds is 4. The predicted molar refractivity (Wildman–Crippen MR) is 86.5 cm³/mol. The molecule has 5 nitrogen and oxygen atoms in total. The average molecular weight is 332 g/mol. The molecular formula is C18H21FN2O3. The largest absolute Gasteiger partial charge is 0.450 e. The summed E-state index contributed by atoms with van der Waals surface area (Å²) in [5.74, 6) is -1.25. The van der Waals surface area contributed by atoms with Gasteiger partial charge in [-0.25, -0.2) is 9.18 Å². The molecule has 0 unspecified atom stereocenters. The van der Waals surface area contributed by atoms with E-state index < -0.39 is 17.5 Å². The van der Waals surface area contributed by atoms with E-state index in [1.54, 1.807) is 19.1 Å². The molecule has 0 atom stereocenters. The molecule has 6 heteroatoms. The van der Waals surface area contributed by atoms with Gasteiger partial charge in [-0.05, 0) is 31.0 Å². The van der Waals surface area contributed by atoms with Gasteiger partial charge in [0.1, 0.15) is 11.4 Å². The molecule has 2 aliphatic heterocycles. The molecule has 2 N–H and O–H groups in total. The third kappa shape index (κ3) is 3.06. The van der Waals surface area contributed by atoms with E-state index in [4.69, 9.17) is 10.5 Å². The summed E-state index contributed by atoms with van der Waals surface area (Å²) in [7, 11) is 0. The van der Waals surface area contributed by atoms with Crippen LogP contribution < -0.4 is 5.73 Å². The maximum absolute atomic E-state index is 12.9. The minimum absolute atomic E-state index is 0.233. The number of amides is 1. The molecule has 1 saturated heterocycles. The van der Waals surface area contributed by atoms with Crippen molar-refractivity contribution < 1.29 is 18.7 Å². The Hall–Kier alpha value is -2.21. The molecule has 1 aromatic carbocycles. The highest BCUT2D eigenvalue weighted by atomic mass is 19.1. The molecule has 3 rings (SSSR count). The van der Waals surface area contributed by atoms with Crippen LogP contribution in [0.5, 0.6) is 0 Å². The topological polar surface area (TPSA) is 72.6 Å². The summed E-state index contributed by atoms with van der Waals surface area (Å²) >= 11 is 0. The highest BCUT2D eigenvalue weighted by Gasteiger charge is 2.50. The fourth-order valence-electron chi connectivity index (χ4n) is 3.59. The van der Waals surface area contributed by atoms with Crippen molar-refractivity contribution >= 4 is 11.9 Å². The van der Waals surface area contributed by atoms with Gasteiger partial charge in [0.05, 0.1) is 5.57 Å². The number of primary amides is 1. The lowest BCUT2D eigenvalue weighted by Crippen LogP contribution is -2.48. The van der Waals surface area contributed by atoms with Gasteiger partial charge >= 0.3 is 5.97 Å². The Morgan fingerprint density at radius 1 is 1.29 bits per heavy atom. The highest BCUT2D eigenvalue weighted by Crippen LogP contribution is 2.40. The van der Waals surface area contributed by atoms with E-state index >= 15 is 0 Å². The first kappa shape index (κ1) is 16.6. The quantitative estimate of drug-likeness (QED) is 0.850. The Bertz CT molecular complexity index is 689. The van der Waals surface area contributed by atoms with E-state index in [1.165, 1.54) is 12.1 Å². The summed E-state index contributed by atoms with van der Waals surface area (Å²) < 4.78 is 18.4. The van der Waals surface area contributed by atoms with Crippen LogP contribution in [0.4, 0.5) is 4.39 Å². The van der Waals surface area contributed by atoms with Gasteiger partial charge in [0.15, 0.2) is 0 Å². The van der Waals surface area contributed by atoms with Gasteiger partial charge in [-0.1, -0.05) is 12.1 Å². The van der Waals surface area contributed by atoms with Crippen molar-refractivity contribution in [1.29, 1.82) is 0 Å². The maximum atomic E-state index is 12.9. The minimum atomic E-state index is -0.848. The van der Waals surface area contributed by atoms with Gasteiger partial charge in [0.2, 0.25) is 5.91 Å². The van der Waals surface area contributed by atoms with Crippen LogP contribution in [0.3, 0.4) is 0 Å². The minimum Gasteiger partial charge on any atom is -0.450 e. The highest BCUT2D eigenvalue weighted by molar-refractivity contribution is 6.06. The molecule has 0 aliphatic carbocycles. The molecule has 128 valence electrons. The van der Waals surface area contributed by atoms with Crippen molar-refractivity contribution in [2.75, 3.05) is 19.6 Å². The van der Waals surface area contributed by atoms with Crippen LogP contribution in [0, 0.1) is 5.82 Å². The van der Waals surface area contributed by atoms with Crippen molar-refractivity contribution in [3.63, 3.8) is 0 Å². The number of esters is 1. The van der Waals surface area contributed by atoms with E-state index in [-0.39, 0.29) is 5.82 Å². The Morgan fingerprint density at radius 3 is 2.50 bits per heavy atom. The van der Waals surface area contributed by atoms with Gasteiger partial charge in [-0.15, -0.1) is 0 Å². The van der Waals surface area contributed by atoms with Crippen LogP contribution in [-0.4, -0.2) is 42.0 Å². The standard InChI is InChI=1S/C18H21FN2O3/c1-12-15(16(20)22)18(24-17(12)23)7-10-21(11-8-18)9-6-13-2-4-14(19)5-3-13/h2-5H,6-11H2,1H3,(H2,20,22). The van der Waals surface area contributed by atoms with Crippen LogP contribution in [0.25, 0.3) is 0 Å². The number of benzene rings is 1. The Kier molecular flexibility index (Phi) is 4.41. The first-order chi connectivity index (χ1) is 11.4.